The predicted octanol–water partition coefficient (Wildman–Crippen LogP) is 2.07. The molecule has 1 aromatic carbocycles. The van der Waals surface area contributed by atoms with Gasteiger partial charge in [-0.3, -0.25) is 9.59 Å². The van der Waals surface area contributed by atoms with Gasteiger partial charge in [0, 0.05) is 18.7 Å². The molecule has 1 aliphatic heterocycles. The average molecular weight is 265 g/mol. The zero-order valence-corrected chi connectivity index (χ0v) is 10.7. The van der Waals surface area contributed by atoms with E-state index in [2.05, 4.69) is 0 Å². The van der Waals surface area contributed by atoms with E-state index in [0.29, 0.717) is 30.5 Å². The van der Waals surface area contributed by atoms with Gasteiger partial charge in [-0.05, 0) is 43.5 Å². The van der Waals surface area contributed by atoms with Gasteiger partial charge in [0.25, 0.3) is 5.91 Å². The number of carboxylic acids is 1. The Bertz CT molecular complexity index is 515. The van der Waals surface area contributed by atoms with Gasteiger partial charge in [-0.25, -0.2) is 4.39 Å². The van der Waals surface area contributed by atoms with Crippen LogP contribution in [0.1, 0.15) is 28.8 Å². The standard InChI is InChI=1S/C14H16FNO3/c1-9-7-10(4-5-12(9)15)13(17)16-6-2-3-11(8-16)14(18)19/h4-5,7,11H,2-3,6,8H2,1H3,(H,18,19)/t11-/m0/s1. The third-order valence-electron chi connectivity index (χ3n) is 3.46. The van der Waals surface area contributed by atoms with Gasteiger partial charge in [-0.15, -0.1) is 0 Å². The first kappa shape index (κ1) is 13.5. The van der Waals surface area contributed by atoms with Crippen LogP contribution in [0, 0.1) is 18.7 Å². The molecule has 0 spiro atoms. The van der Waals surface area contributed by atoms with Crippen LogP contribution in [-0.2, 0) is 4.79 Å². The third-order valence-corrected chi connectivity index (χ3v) is 3.46. The van der Waals surface area contributed by atoms with E-state index in [1.165, 1.54) is 23.1 Å². The first-order valence-corrected chi connectivity index (χ1v) is 6.27. The van der Waals surface area contributed by atoms with Gasteiger partial charge in [0.2, 0.25) is 0 Å². The molecular weight excluding hydrogens is 249 g/mol. The maximum atomic E-state index is 13.2. The average Bonchev–Trinajstić information content (AvgIpc) is 2.41. The van der Waals surface area contributed by atoms with Crippen LogP contribution >= 0.6 is 0 Å². The number of piperidine rings is 1. The topological polar surface area (TPSA) is 57.6 Å². The van der Waals surface area contributed by atoms with Crippen molar-refractivity contribution in [3.8, 4) is 0 Å². The molecule has 2 rings (SSSR count). The summed E-state index contributed by atoms with van der Waals surface area (Å²) in [6.07, 6.45) is 1.28. The van der Waals surface area contributed by atoms with Gasteiger partial charge >= 0.3 is 5.97 Å². The number of likely N-dealkylation sites (tertiary alicyclic amines) is 1. The molecule has 1 heterocycles. The van der Waals surface area contributed by atoms with Crippen LogP contribution in [0.25, 0.3) is 0 Å². The van der Waals surface area contributed by atoms with Crippen LogP contribution < -0.4 is 0 Å². The molecular formula is C14H16FNO3. The molecule has 19 heavy (non-hydrogen) atoms. The first-order chi connectivity index (χ1) is 8.99. The largest absolute Gasteiger partial charge is 0.481 e. The Morgan fingerprint density at radius 2 is 2.16 bits per heavy atom. The number of nitrogens with zero attached hydrogens (tertiary/aromatic N) is 1. The summed E-state index contributed by atoms with van der Waals surface area (Å²) in [6, 6.07) is 4.21. The number of hydrogen-bond acceptors (Lipinski definition) is 2. The van der Waals surface area contributed by atoms with E-state index in [9.17, 15) is 14.0 Å². The van der Waals surface area contributed by atoms with Crippen molar-refractivity contribution in [2.75, 3.05) is 13.1 Å². The van der Waals surface area contributed by atoms with E-state index in [4.69, 9.17) is 5.11 Å². The number of benzene rings is 1. The minimum atomic E-state index is -0.868. The van der Waals surface area contributed by atoms with Gasteiger partial charge in [-0.2, -0.15) is 0 Å². The number of halogens is 1. The van der Waals surface area contributed by atoms with Crippen molar-refractivity contribution in [2.45, 2.75) is 19.8 Å². The van der Waals surface area contributed by atoms with E-state index < -0.39 is 11.9 Å². The Balaban J connectivity index is 2.14. The molecule has 1 atom stereocenters. The predicted molar refractivity (Wildman–Crippen MR) is 67.4 cm³/mol. The van der Waals surface area contributed by atoms with E-state index in [-0.39, 0.29) is 18.3 Å². The number of carboxylic acid groups (broad SMARTS) is 1. The molecule has 0 aliphatic carbocycles. The molecule has 4 nitrogen and oxygen atoms in total. The van der Waals surface area contributed by atoms with Gasteiger partial charge in [0.15, 0.2) is 0 Å². The molecule has 1 N–H and O–H groups in total. The highest BCUT2D eigenvalue weighted by Crippen LogP contribution is 2.19. The minimum Gasteiger partial charge on any atom is -0.481 e. The highest BCUT2D eigenvalue weighted by molar-refractivity contribution is 5.94. The van der Waals surface area contributed by atoms with Crippen LogP contribution in [-0.4, -0.2) is 35.0 Å². The Labute approximate surface area is 110 Å². The Hall–Kier alpha value is -1.91. The minimum absolute atomic E-state index is 0.227. The third kappa shape index (κ3) is 2.92. The summed E-state index contributed by atoms with van der Waals surface area (Å²) in [6.45, 7) is 2.38. The van der Waals surface area contributed by atoms with Crippen LogP contribution in [0.4, 0.5) is 4.39 Å². The van der Waals surface area contributed by atoms with Crippen molar-refractivity contribution >= 4 is 11.9 Å². The molecule has 102 valence electrons. The molecule has 0 unspecified atom stereocenters. The molecule has 1 aliphatic rings. The highest BCUT2D eigenvalue weighted by Gasteiger charge is 2.28. The lowest BCUT2D eigenvalue weighted by molar-refractivity contribution is -0.143. The highest BCUT2D eigenvalue weighted by atomic mass is 19.1. The SMILES string of the molecule is Cc1cc(C(=O)N2CCC[C@H](C(=O)O)C2)ccc1F. The molecule has 0 radical (unpaired) electrons. The van der Waals surface area contributed by atoms with Crippen LogP contribution in [0.15, 0.2) is 18.2 Å². The number of carbonyl (C=O) groups is 2. The summed E-state index contributed by atoms with van der Waals surface area (Å²) in [5, 5.41) is 9.00. The quantitative estimate of drug-likeness (QED) is 0.890. The number of rotatable bonds is 2. The van der Waals surface area contributed by atoms with Crippen LogP contribution in [0.3, 0.4) is 0 Å². The second-order valence-electron chi connectivity index (χ2n) is 4.89. The fourth-order valence-corrected chi connectivity index (χ4v) is 2.32. The maximum Gasteiger partial charge on any atom is 0.308 e. The van der Waals surface area contributed by atoms with Crippen LogP contribution in [0.5, 0.6) is 0 Å². The molecule has 1 aromatic rings. The second-order valence-corrected chi connectivity index (χ2v) is 4.89. The van der Waals surface area contributed by atoms with Crippen molar-refractivity contribution in [2.24, 2.45) is 5.92 Å². The number of carbonyl (C=O) groups excluding carboxylic acids is 1. The summed E-state index contributed by atoms with van der Waals surface area (Å²) >= 11 is 0. The maximum absolute atomic E-state index is 13.2. The summed E-state index contributed by atoms with van der Waals surface area (Å²) < 4.78 is 13.2. The smallest absolute Gasteiger partial charge is 0.308 e. The van der Waals surface area contributed by atoms with E-state index in [0.717, 1.165) is 0 Å². The lowest BCUT2D eigenvalue weighted by atomic mass is 9.97. The molecule has 0 saturated carbocycles. The Kier molecular flexibility index (Phi) is 3.83. The van der Waals surface area contributed by atoms with Crippen molar-refractivity contribution < 1.29 is 19.1 Å². The summed E-state index contributed by atoms with van der Waals surface area (Å²) in [4.78, 5) is 24.7. The fourth-order valence-electron chi connectivity index (χ4n) is 2.32. The van der Waals surface area contributed by atoms with Crippen molar-refractivity contribution in [3.05, 3.63) is 35.1 Å². The fraction of sp³-hybridized carbons (Fsp3) is 0.429. The lowest BCUT2D eigenvalue weighted by Gasteiger charge is -2.30. The Morgan fingerprint density at radius 1 is 1.42 bits per heavy atom. The van der Waals surface area contributed by atoms with E-state index in [1.807, 2.05) is 0 Å². The molecule has 1 fully saturated rings. The molecule has 0 aromatic heterocycles. The summed E-state index contributed by atoms with van der Waals surface area (Å²) in [5.41, 5.74) is 0.822. The summed E-state index contributed by atoms with van der Waals surface area (Å²) in [5.74, 6) is -1.94. The Morgan fingerprint density at radius 3 is 2.79 bits per heavy atom. The number of aryl methyl sites for hydroxylation is 1. The van der Waals surface area contributed by atoms with E-state index in [1.54, 1.807) is 6.92 Å². The second kappa shape index (κ2) is 5.38. The zero-order valence-electron chi connectivity index (χ0n) is 10.7. The van der Waals surface area contributed by atoms with Crippen molar-refractivity contribution in [1.29, 1.82) is 0 Å². The number of aliphatic carboxylic acids is 1. The number of amides is 1. The normalized spacial score (nSPS) is 19.3. The van der Waals surface area contributed by atoms with Gasteiger partial charge in [0.1, 0.15) is 5.82 Å². The van der Waals surface area contributed by atoms with Gasteiger partial charge in [0.05, 0.1) is 5.92 Å². The zero-order chi connectivity index (χ0) is 14.0. The van der Waals surface area contributed by atoms with Crippen LogP contribution in [0.2, 0.25) is 0 Å². The van der Waals surface area contributed by atoms with Crippen molar-refractivity contribution in [1.82, 2.24) is 4.90 Å². The first-order valence-electron chi connectivity index (χ1n) is 6.27. The molecule has 1 saturated heterocycles. The van der Waals surface area contributed by atoms with Crippen molar-refractivity contribution in [3.63, 3.8) is 0 Å². The molecule has 1 amide bonds. The number of hydrogen-bond donors (Lipinski definition) is 1. The van der Waals surface area contributed by atoms with Gasteiger partial charge < -0.3 is 10.0 Å². The molecule has 5 heteroatoms. The van der Waals surface area contributed by atoms with E-state index >= 15 is 0 Å². The summed E-state index contributed by atoms with van der Waals surface area (Å²) in [7, 11) is 0. The molecule has 0 bridgehead atoms. The monoisotopic (exact) mass is 265 g/mol. The van der Waals surface area contributed by atoms with Gasteiger partial charge in [-0.1, -0.05) is 0 Å². The lowest BCUT2D eigenvalue weighted by Crippen LogP contribution is -2.42.